The van der Waals surface area contributed by atoms with Crippen LogP contribution in [0.25, 0.3) is 0 Å². The maximum absolute atomic E-state index is 10.1. The number of thioether (sulfide) groups is 1. The average Bonchev–Trinajstić information content (AvgIpc) is 2.36. The van der Waals surface area contributed by atoms with E-state index in [-0.39, 0.29) is 10.9 Å². The van der Waals surface area contributed by atoms with Crippen molar-refractivity contribution in [2.45, 2.75) is 56.6 Å². The number of aliphatic hydroxyl groups excluding tert-OH is 1. The van der Waals surface area contributed by atoms with Gasteiger partial charge in [0.2, 0.25) is 0 Å². The Morgan fingerprint density at radius 1 is 1.05 bits per heavy atom. The molecule has 2 rings (SSSR count). The molecule has 0 amide bonds. The molecule has 0 heterocycles. The normalized spacial score (nSPS) is 32.3. The highest BCUT2D eigenvalue weighted by Gasteiger charge is 2.35. The molecule has 1 aliphatic carbocycles. The van der Waals surface area contributed by atoms with Crippen molar-refractivity contribution >= 4 is 11.8 Å². The van der Waals surface area contributed by atoms with Crippen molar-refractivity contribution in [3.63, 3.8) is 0 Å². The molecule has 0 aromatic heterocycles. The number of benzene rings is 1. The summed E-state index contributed by atoms with van der Waals surface area (Å²) in [6.07, 6.45) is 2.15. The van der Waals surface area contributed by atoms with Crippen LogP contribution in [0.3, 0.4) is 0 Å². The summed E-state index contributed by atoms with van der Waals surface area (Å²) in [5.41, 5.74) is 1.39. The van der Waals surface area contributed by atoms with E-state index in [1.54, 1.807) is 0 Å². The van der Waals surface area contributed by atoms with E-state index >= 15 is 0 Å². The van der Waals surface area contributed by atoms with Crippen LogP contribution < -0.4 is 0 Å². The molecule has 19 heavy (non-hydrogen) atoms. The second-order valence-corrected chi connectivity index (χ2v) is 8.46. The Morgan fingerprint density at radius 2 is 1.58 bits per heavy atom. The largest absolute Gasteiger partial charge is 0.393 e. The Morgan fingerprint density at radius 3 is 2.11 bits per heavy atom. The monoisotopic (exact) mass is 278 g/mol. The first-order chi connectivity index (χ1) is 8.90. The van der Waals surface area contributed by atoms with Crippen molar-refractivity contribution in [1.29, 1.82) is 0 Å². The van der Waals surface area contributed by atoms with Gasteiger partial charge in [-0.05, 0) is 44.1 Å². The lowest BCUT2D eigenvalue weighted by Crippen LogP contribution is -2.36. The van der Waals surface area contributed by atoms with Crippen molar-refractivity contribution in [2.75, 3.05) is 0 Å². The van der Waals surface area contributed by atoms with E-state index in [1.807, 2.05) is 0 Å². The molecule has 1 aliphatic rings. The summed E-state index contributed by atoms with van der Waals surface area (Å²) in [5.74, 6) is 0.848. The summed E-state index contributed by atoms with van der Waals surface area (Å²) in [6.45, 7) is 8.99. The molecule has 0 aliphatic heterocycles. The Bertz CT molecular complexity index is 389. The summed E-state index contributed by atoms with van der Waals surface area (Å²) < 4.78 is 0.146. The highest BCUT2D eigenvalue weighted by Crippen LogP contribution is 2.45. The van der Waals surface area contributed by atoms with Gasteiger partial charge in [0.25, 0.3) is 0 Å². The fourth-order valence-electron chi connectivity index (χ4n) is 3.19. The highest BCUT2D eigenvalue weighted by molar-refractivity contribution is 8.00. The van der Waals surface area contributed by atoms with E-state index < -0.39 is 0 Å². The van der Waals surface area contributed by atoms with Crippen LogP contribution in [0.15, 0.2) is 30.3 Å². The van der Waals surface area contributed by atoms with Gasteiger partial charge in [0.1, 0.15) is 0 Å². The Hall–Kier alpha value is -0.470. The van der Waals surface area contributed by atoms with Gasteiger partial charge in [0.15, 0.2) is 0 Å². The van der Waals surface area contributed by atoms with E-state index in [4.69, 9.17) is 0 Å². The molecule has 0 saturated heterocycles. The molecule has 1 fully saturated rings. The molecular formula is C17H26OS. The minimum atomic E-state index is -0.114. The van der Waals surface area contributed by atoms with Crippen molar-refractivity contribution in [1.82, 2.24) is 0 Å². The standard InChI is InChI=1S/C17H26OS/c1-12-10-15(11-13(2)16(12)18)19-17(3,4)14-8-6-5-7-9-14/h5-9,12-13,15-16,18H,10-11H2,1-4H3. The van der Waals surface area contributed by atoms with E-state index in [9.17, 15) is 5.11 Å². The predicted molar refractivity (Wildman–Crippen MR) is 84.4 cm³/mol. The van der Waals surface area contributed by atoms with Crippen molar-refractivity contribution in [3.05, 3.63) is 35.9 Å². The third-order valence-electron chi connectivity index (χ3n) is 4.37. The highest BCUT2D eigenvalue weighted by atomic mass is 32.2. The smallest absolute Gasteiger partial charge is 0.0592 e. The van der Waals surface area contributed by atoms with Gasteiger partial charge in [-0.2, -0.15) is 0 Å². The summed E-state index contributed by atoms with van der Waals surface area (Å²) in [4.78, 5) is 0. The lowest BCUT2D eigenvalue weighted by atomic mass is 9.80. The van der Waals surface area contributed by atoms with E-state index in [0.717, 1.165) is 12.8 Å². The van der Waals surface area contributed by atoms with Crippen molar-refractivity contribution in [2.24, 2.45) is 11.8 Å². The van der Waals surface area contributed by atoms with Gasteiger partial charge in [-0.25, -0.2) is 0 Å². The van der Waals surface area contributed by atoms with Gasteiger partial charge in [-0.3, -0.25) is 0 Å². The third-order valence-corrected chi connectivity index (χ3v) is 5.91. The molecule has 1 aromatic rings. The fourth-order valence-corrected chi connectivity index (χ4v) is 5.09. The molecular weight excluding hydrogens is 252 g/mol. The van der Waals surface area contributed by atoms with E-state index in [0.29, 0.717) is 17.1 Å². The molecule has 0 bridgehead atoms. The number of aliphatic hydroxyl groups is 1. The van der Waals surface area contributed by atoms with Crippen LogP contribution in [-0.2, 0) is 4.75 Å². The van der Waals surface area contributed by atoms with Gasteiger partial charge >= 0.3 is 0 Å². The van der Waals surface area contributed by atoms with Gasteiger partial charge in [-0.15, -0.1) is 11.8 Å². The zero-order valence-corrected chi connectivity index (χ0v) is 13.3. The minimum Gasteiger partial charge on any atom is -0.393 e. The molecule has 0 spiro atoms. The molecule has 1 saturated carbocycles. The lowest BCUT2D eigenvalue weighted by Gasteiger charge is -2.39. The number of hydrogen-bond acceptors (Lipinski definition) is 2. The molecule has 2 heteroatoms. The maximum atomic E-state index is 10.1. The van der Waals surface area contributed by atoms with Crippen LogP contribution in [0.1, 0.15) is 46.1 Å². The van der Waals surface area contributed by atoms with E-state index in [2.05, 4.69) is 69.8 Å². The SMILES string of the molecule is CC1CC(SC(C)(C)c2ccccc2)CC(C)C1O. The summed E-state index contributed by atoms with van der Waals surface area (Å²) >= 11 is 2.07. The predicted octanol–water partition coefficient (Wildman–Crippen LogP) is 4.45. The number of rotatable bonds is 3. The molecule has 2 unspecified atom stereocenters. The molecule has 106 valence electrons. The second-order valence-electron chi connectivity index (χ2n) is 6.53. The number of hydrogen-bond donors (Lipinski definition) is 1. The first kappa shape index (κ1) is 14.9. The Kier molecular flexibility index (Phi) is 4.62. The van der Waals surface area contributed by atoms with Crippen LogP contribution in [-0.4, -0.2) is 16.5 Å². The van der Waals surface area contributed by atoms with Crippen LogP contribution >= 0.6 is 11.8 Å². The quantitative estimate of drug-likeness (QED) is 0.881. The van der Waals surface area contributed by atoms with Crippen LogP contribution in [0.5, 0.6) is 0 Å². The summed E-state index contributed by atoms with van der Waals surface area (Å²) in [5, 5.41) is 10.7. The molecule has 2 atom stereocenters. The lowest BCUT2D eigenvalue weighted by molar-refractivity contribution is 0.0356. The molecule has 1 N–H and O–H groups in total. The fraction of sp³-hybridized carbons (Fsp3) is 0.647. The van der Waals surface area contributed by atoms with Crippen LogP contribution in [0, 0.1) is 11.8 Å². The van der Waals surface area contributed by atoms with Crippen LogP contribution in [0.2, 0.25) is 0 Å². The molecule has 0 radical (unpaired) electrons. The minimum absolute atomic E-state index is 0.114. The maximum Gasteiger partial charge on any atom is 0.0592 e. The van der Waals surface area contributed by atoms with E-state index in [1.165, 1.54) is 5.56 Å². The zero-order valence-electron chi connectivity index (χ0n) is 12.5. The third kappa shape index (κ3) is 3.55. The Labute approximate surface area is 121 Å². The van der Waals surface area contributed by atoms with Crippen molar-refractivity contribution < 1.29 is 5.11 Å². The average molecular weight is 278 g/mol. The molecule has 1 nitrogen and oxygen atoms in total. The van der Waals surface area contributed by atoms with Gasteiger partial charge in [-0.1, -0.05) is 44.2 Å². The van der Waals surface area contributed by atoms with Gasteiger partial charge in [0.05, 0.1) is 6.10 Å². The first-order valence-corrected chi connectivity index (χ1v) is 8.19. The van der Waals surface area contributed by atoms with Crippen molar-refractivity contribution in [3.8, 4) is 0 Å². The van der Waals surface area contributed by atoms with Crippen LogP contribution in [0.4, 0.5) is 0 Å². The van der Waals surface area contributed by atoms with Gasteiger partial charge < -0.3 is 5.11 Å². The first-order valence-electron chi connectivity index (χ1n) is 7.31. The zero-order chi connectivity index (χ0) is 14.0. The Balaban J connectivity index is 2.05. The summed E-state index contributed by atoms with van der Waals surface area (Å²) in [7, 11) is 0. The van der Waals surface area contributed by atoms with Gasteiger partial charge in [0, 0.05) is 10.00 Å². The summed E-state index contributed by atoms with van der Waals surface area (Å²) in [6, 6.07) is 10.8. The second kappa shape index (κ2) is 5.88. The topological polar surface area (TPSA) is 20.2 Å². The molecule has 1 aromatic carbocycles.